The second kappa shape index (κ2) is 7.08. The summed E-state index contributed by atoms with van der Waals surface area (Å²) in [5.74, 6) is 0.435. The summed E-state index contributed by atoms with van der Waals surface area (Å²) in [6, 6.07) is 9.52. The number of carbonyl (C=O) groups is 2. The van der Waals surface area contributed by atoms with Crippen LogP contribution >= 0.6 is 0 Å². The molecular weight excluding hydrogens is 306 g/mol. The van der Waals surface area contributed by atoms with Gasteiger partial charge < -0.3 is 15.1 Å². The zero-order valence-electron chi connectivity index (χ0n) is 13.5. The number of carbonyl (C=O) groups excluding carboxylic acids is 2. The standard InChI is InChI=1S/C17H19N5O2/c1-13-4-2-3-5-14(13)20-16-10-15(18-11-19-16)17(24)22-8-6-21(12-23)7-9-22/h2-5,10-12H,6-9H2,1H3,(H,18,19,20). The molecule has 0 radical (unpaired) electrons. The Morgan fingerprint density at radius 3 is 2.62 bits per heavy atom. The highest BCUT2D eigenvalue weighted by molar-refractivity contribution is 5.93. The van der Waals surface area contributed by atoms with Crippen molar-refractivity contribution in [1.82, 2.24) is 19.8 Å². The van der Waals surface area contributed by atoms with Gasteiger partial charge in [0.05, 0.1) is 0 Å². The van der Waals surface area contributed by atoms with E-state index in [0.717, 1.165) is 17.7 Å². The molecule has 7 heteroatoms. The van der Waals surface area contributed by atoms with Gasteiger partial charge in [-0.3, -0.25) is 9.59 Å². The molecule has 24 heavy (non-hydrogen) atoms. The van der Waals surface area contributed by atoms with Crippen LogP contribution in [0.5, 0.6) is 0 Å². The van der Waals surface area contributed by atoms with Crippen molar-refractivity contribution >= 4 is 23.8 Å². The number of piperazine rings is 1. The van der Waals surface area contributed by atoms with Crippen LogP contribution in [0.3, 0.4) is 0 Å². The molecular formula is C17H19N5O2. The van der Waals surface area contributed by atoms with E-state index in [1.54, 1.807) is 15.9 Å². The summed E-state index contributed by atoms with van der Waals surface area (Å²) >= 11 is 0. The van der Waals surface area contributed by atoms with Gasteiger partial charge in [0.25, 0.3) is 5.91 Å². The van der Waals surface area contributed by atoms with Gasteiger partial charge in [-0.25, -0.2) is 9.97 Å². The molecule has 1 aliphatic rings. The molecule has 1 saturated heterocycles. The lowest BCUT2D eigenvalue weighted by Gasteiger charge is -2.32. The van der Waals surface area contributed by atoms with Gasteiger partial charge >= 0.3 is 0 Å². The fourth-order valence-corrected chi connectivity index (χ4v) is 2.59. The molecule has 2 amide bonds. The van der Waals surface area contributed by atoms with Crippen molar-refractivity contribution in [3.8, 4) is 0 Å². The van der Waals surface area contributed by atoms with E-state index in [4.69, 9.17) is 0 Å². The van der Waals surface area contributed by atoms with E-state index in [9.17, 15) is 9.59 Å². The molecule has 0 saturated carbocycles. The molecule has 124 valence electrons. The van der Waals surface area contributed by atoms with Gasteiger partial charge in [0.15, 0.2) is 0 Å². The first-order valence-corrected chi connectivity index (χ1v) is 7.80. The zero-order chi connectivity index (χ0) is 16.9. The predicted octanol–water partition coefficient (Wildman–Crippen LogP) is 1.44. The van der Waals surface area contributed by atoms with E-state index in [1.165, 1.54) is 6.33 Å². The smallest absolute Gasteiger partial charge is 0.272 e. The highest BCUT2D eigenvalue weighted by Crippen LogP contribution is 2.19. The third kappa shape index (κ3) is 3.51. The molecule has 1 fully saturated rings. The van der Waals surface area contributed by atoms with Crippen LogP contribution < -0.4 is 5.32 Å². The Kier molecular flexibility index (Phi) is 4.69. The van der Waals surface area contributed by atoms with Crippen molar-refractivity contribution < 1.29 is 9.59 Å². The van der Waals surface area contributed by atoms with Crippen molar-refractivity contribution in [3.05, 3.63) is 47.9 Å². The normalized spacial score (nSPS) is 14.4. The minimum Gasteiger partial charge on any atom is -0.342 e. The Balaban J connectivity index is 1.72. The second-order valence-electron chi connectivity index (χ2n) is 5.66. The van der Waals surface area contributed by atoms with Crippen LogP contribution in [-0.4, -0.2) is 58.3 Å². The molecule has 1 N–H and O–H groups in total. The highest BCUT2D eigenvalue weighted by Gasteiger charge is 2.22. The largest absolute Gasteiger partial charge is 0.342 e. The number of benzene rings is 1. The molecule has 1 aromatic carbocycles. The lowest BCUT2D eigenvalue weighted by atomic mass is 10.2. The Bertz CT molecular complexity index is 741. The van der Waals surface area contributed by atoms with Crippen molar-refractivity contribution in [3.63, 3.8) is 0 Å². The maximum atomic E-state index is 12.6. The lowest BCUT2D eigenvalue weighted by molar-refractivity contribution is -0.119. The van der Waals surface area contributed by atoms with Crippen molar-refractivity contribution in [2.45, 2.75) is 6.92 Å². The highest BCUT2D eigenvalue weighted by atomic mass is 16.2. The number of nitrogens with zero attached hydrogens (tertiary/aromatic N) is 4. The zero-order valence-corrected chi connectivity index (χ0v) is 13.5. The summed E-state index contributed by atoms with van der Waals surface area (Å²) in [5.41, 5.74) is 2.38. The third-order valence-corrected chi connectivity index (χ3v) is 4.04. The number of hydrogen-bond acceptors (Lipinski definition) is 5. The maximum absolute atomic E-state index is 12.6. The molecule has 2 aromatic rings. The van der Waals surface area contributed by atoms with Gasteiger partial charge in [-0.05, 0) is 18.6 Å². The molecule has 0 atom stereocenters. The number of para-hydroxylation sites is 1. The summed E-state index contributed by atoms with van der Waals surface area (Å²) < 4.78 is 0. The minimum atomic E-state index is -0.143. The van der Waals surface area contributed by atoms with Gasteiger partial charge in [-0.1, -0.05) is 18.2 Å². The van der Waals surface area contributed by atoms with Gasteiger partial charge in [0.1, 0.15) is 17.8 Å². The minimum absolute atomic E-state index is 0.143. The summed E-state index contributed by atoms with van der Waals surface area (Å²) in [4.78, 5) is 35.0. The molecule has 0 aliphatic carbocycles. The first kappa shape index (κ1) is 15.9. The van der Waals surface area contributed by atoms with Gasteiger partial charge in [0.2, 0.25) is 6.41 Å². The van der Waals surface area contributed by atoms with E-state index in [1.807, 2.05) is 31.2 Å². The topological polar surface area (TPSA) is 78.4 Å². The van der Waals surface area contributed by atoms with Crippen LogP contribution in [0, 0.1) is 6.92 Å². The number of amides is 2. The van der Waals surface area contributed by atoms with Crippen molar-refractivity contribution in [2.75, 3.05) is 31.5 Å². The van der Waals surface area contributed by atoms with E-state index in [-0.39, 0.29) is 5.91 Å². The molecule has 3 rings (SSSR count). The van der Waals surface area contributed by atoms with E-state index < -0.39 is 0 Å². The van der Waals surface area contributed by atoms with Crippen LogP contribution in [0.1, 0.15) is 16.1 Å². The maximum Gasteiger partial charge on any atom is 0.272 e. The number of aryl methyl sites for hydroxylation is 1. The fraction of sp³-hybridized carbons (Fsp3) is 0.294. The predicted molar refractivity (Wildman–Crippen MR) is 90.0 cm³/mol. The van der Waals surface area contributed by atoms with Gasteiger partial charge in [-0.2, -0.15) is 0 Å². The first-order chi connectivity index (χ1) is 11.7. The molecule has 0 spiro atoms. The second-order valence-corrected chi connectivity index (χ2v) is 5.66. The van der Waals surface area contributed by atoms with E-state index in [0.29, 0.717) is 37.7 Å². The fourth-order valence-electron chi connectivity index (χ4n) is 2.59. The average Bonchev–Trinajstić information content (AvgIpc) is 2.63. The number of anilines is 2. The number of hydrogen-bond donors (Lipinski definition) is 1. The van der Waals surface area contributed by atoms with Gasteiger partial charge in [-0.15, -0.1) is 0 Å². The molecule has 0 unspecified atom stereocenters. The first-order valence-electron chi connectivity index (χ1n) is 7.80. The van der Waals surface area contributed by atoms with Gasteiger partial charge in [0, 0.05) is 37.9 Å². The molecule has 0 bridgehead atoms. The van der Waals surface area contributed by atoms with Crippen LogP contribution in [0.2, 0.25) is 0 Å². The summed E-state index contributed by atoms with van der Waals surface area (Å²) in [5, 5.41) is 3.21. The molecule has 7 nitrogen and oxygen atoms in total. The van der Waals surface area contributed by atoms with Crippen LogP contribution in [0.25, 0.3) is 0 Å². The summed E-state index contributed by atoms with van der Waals surface area (Å²) in [7, 11) is 0. The average molecular weight is 325 g/mol. The number of nitrogens with one attached hydrogen (secondary N) is 1. The van der Waals surface area contributed by atoms with Crippen LogP contribution in [-0.2, 0) is 4.79 Å². The Hall–Kier alpha value is -2.96. The molecule has 1 aliphatic heterocycles. The summed E-state index contributed by atoms with van der Waals surface area (Å²) in [6.07, 6.45) is 2.20. The van der Waals surface area contributed by atoms with Crippen LogP contribution in [0.4, 0.5) is 11.5 Å². The Morgan fingerprint density at radius 2 is 1.92 bits per heavy atom. The molecule has 2 heterocycles. The third-order valence-electron chi connectivity index (χ3n) is 4.04. The monoisotopic (exact) mass is 325 g/mol. The number of rotatable bonds is 4. The van der Waals surface area contributed by atoms with Crippen LogP contribution in [0.15, 0.2) is 36.7 Å². The summed E-state index contributed by atoms with van der Waals surface area (Å²) in [6.45, 7) is 4.13. The lowest BCUT2D eigenvalue weighted by Crippen LogP contribution is -2.48. The van der Waals surface area contributed by atoms with Crippen molar-refractivity contribution in [1.29, 1.82) is 0 Å². The SMILES string of the molecule is Cc1ccccc1Nc1cc(C(=O)N2CCN(C=O)CC2)ncn1. The van der Waals surface area contributed by atoms with E-state index >= 15 is 0 Å². The quantitative estimate of drug-likeness (QED) is 0.861. The molecule has 1 aromatic heterocycles. The van der Waals surface area contributed by atoms with E-state index in [2.05, 4.69) is 15.3 Å². The van der Waals surface area contributed by atoms with Crippen molar-refractivity contribution in [2.24, 2.45) is 0 Å². The number of aromatic nitrogens is 2. The Labute approximate surface area is 140 Å². The Morgan fingerprint density at radius 1 is 1.17 bits per heavy atom.